The quantitative estimate of drug-likeness (QED) is 0.871. The molecule has 3 rings (SSSR count). The molecule has 144 valence electrons. The minimum Gasteiger partial charge on any atom is -0.444 e. The maximum Gasteiger partial charge on any atom is 0.410 e. The maximum absolute atomic E-state index is 12.4. The molecular formula is C19H31N5O2. The number of nitrogens with two attached hydrogens (primary N) is 1. The second kappa shape index (κ2) is 7.29. The molecule has 0 unspecified atom stereocenters. The molecule has 1 atom stereocenters. The molecule has 0 spiro atoms. The van der Waals surface area contributed by atoms with Crippen molar-refractivity contribution in [3.63, 3.8) is 0 Å². The number of hydrogen-bond acceptors (Lipinski definition) is 6. The Morgan fingerprint density at radius 1 is 1.23 bits per heavy atom. The molecule has 1 aromatic rings. The van der Waals surface area contributed by atoms with Gasteiger partial charge in [-0.1, -0.05) is 12.8 Å². The zero-order valence-corrected chi connectivity index (χ0v) is 16.4. The van der Waals surface area contributed by atoms with Gasteiger partial charge in [0.25, 0.3) is 0 Å². The first-order valence-electron chi connectivity index (χ1n) is 9.62. The van der Waals surface area contributed by atoms with E-state index in [1.807, 2.05) is 27.7 Å². The standard InChI is InChI=1S/C19H31N5O2/c1-13-12-23(9-10-24(13)18(25)26-19(2,3)4)16-11-15(21-17(20)22-16)14-7-5-6-8-14/h11,13-14H,5-10,12H2,1-4H3,(H2,20,21,22)/t13-/m0/s1. The topological polar surface area (TPSA) is 84.6 Å². The molecule has 7 heteroatoms. The van der Waals surface area contributed by atoms with E-state index in [1.165, 1.54) is 25.7 Å². The van der Waals surface area contributed by atoms with Crippen LogP contribution < -0.4 is 10.6 Å². The van der Waals surface area contributed by atoms with Gasteiger partial charge in [-0.2, -0.15) is 4.98 Å². The van der Waals surface area contributed by atoms with Crippen LogP contribution in [0.1, 0.15) is 65.0 Å². The van der Waals surface area contributed by atoms with Crippen LogP contribution in [0.2, 0.25) is 0 Å². The number of rotatable bonds is 2. The highest BCUT2D eigenvalue weighted by Crippen LogP contribution is 2.34. The average Bonchev–Trinajstić information content (AvgIpc) is 3.07. The number of carbonyl (C=O) groups is 1. The zero-order valence-electron chi connectivity index (χ0n) is 16.4. The Hall–Kier alpha value is -2.05. The van der Waals surface area contributed by atoms with Crippen molar-refractivity contribution in [2.45, 2.75) is 70.9 Å². The summed E-state index contributed by atoms with van der Waals surface area (Å²) in [6.45, 7) is 9.74. The molecule has 2 fully saturated rings. The Morgan fingerprint density at radius 2 is 1.92 bits per heavy atom. The van der Waals surface area contributed by atoms with Crippen LogP contribution in [0.25, 0.3) is 0 Å². The Kier molecular flexibility index (Phi) is 5.25. The van der Waals surface area contributed by atoms with Crippen LogP contribution in [0.15, 0.2) is 6.07 Å². The number of hydrogen-bond donors (Lipinski definition) is 1. The first-order chi connectivity index (χ1) is 12.2. The van der Waals surface area contributed by atoms with E-state index in [9.17, 15) is 4.79 Å². The van der Waals surface area contributed by atoms with Gasteiger partial charge in [-0.05, 0) is 40.5 Å². The average molecular weight is 361 g/mol. The lowest BCUT2D eigenvalue weighted by atomic mass is 10.0. The third-order valence-electron chi connectivity index (χ3n) is 5.10. The van der Waals surface area contributed by atoms with Gasteiger partial charge in [0.2, 0.25) is 5.95 Å². The molecule has 7 nitrogen and oxygen atoms in total. The SMILES string of the molecule is C[C@H]1CN(c2cc(C3CCCC3)nc(N)n2)CCN1C(=O)OC(C)(C)C. The van der Waals surface area contributed by atoms with Crippen LogP contribution in [-0.4, -0.2) is 52.2 Å². The summed E-state index contributed by atoms with van der Waals surface area (Å²) in [5.74, 6) is 1.71. The molecule has 2 N–H and O–H groups in total. The van der Waals surface area contributed by atoms with Gasteiger partial charge in [0.1, 0.15) is 11.4 Å². The summed E-state index contributed by atoms with van der Waals surface area (Å²) < 4.78 is 5.52. The van der Waals surface area contributed by atoms with E-state index in [1.54, 1.807) is 4.90 Å². The van der Waals surface area contributed by atoms with Crippen LogP contribution in [-0.2, 0) is 4.74 Å². The van der Waals surface area contributed by atoms with Crippen molar-refractivity contribution in [2.24, 2.45) is 0 Å². The lowest BCUT2D eigenvalue weighted by Crippen LogP contribution is -2.55. The summed E-state index contributed by atoms with van der Waals surface area (Å²) in [6.07, 6.45) is 4.63. The second-order valence-corrected chi connectivity index (χ2v) is 8.46. The first kappa shape index (κ1) is 18.7. The molecule has 1 saturated heterocycles. The molecule has 0 aromatic carbocycles. The van der Waals surface area contributed by atoms with E-state index in [4.69, 9.17) is 10.5 Å². The molecule has 1 aliphatic carbocycles. The lowest BCUT2D eigenvalue weighted by molar-refractivity contribution is 0.0158. The van der Waals surface area contributed by atoms with E-state index in [0.717, 1.165) is 11.5 Å². The zero-order chi connectivity index (χ0) is 18.9. The molecule has 2 aliphatic rings. The maximum atomic E-state index is 12.4. The van der Waals surface area contributed by atoms with Gasteiger partial charge in [0, 0.05) is 37.7 Å². The van der Waals surface area contributed by atoms with Crippen LogP contribution in [0, 0.1) is 0 Å². The number of nitrogen functional groups attached to an aromatic ring is 1. The summed E-state index contributed by atoms with van der Waals surface area (Å²) in [4.78, 5) is 25.3. The van der Waals surface area contributed by atoms with Crippen molar-refractivity contribution >= 4 is 17.9 Å². The fourth-order valence-electron chi connectivity index (χ4n) is 3.82. The van der Waals surface area contributed by atoms with Gasteiger partial charge in [0.05, 0.1) is 5.69 Å². The van der Waals surface area contributed by atoms with E-state index in [0.29, 0.717) is 31.5 Å². The largest absolute Gasteiger partial charge is 0.444 e. The highest BCUT2D eigenvalue weighted by Gasteiger charge is 2.32. The van der Waals surface area contributed by atoms with Crippen LogP contribution in [0.4, 0.5) is 16.6 Å². The summed E-state index contributed by atoms with van der Waals surface area (Å²) >= 11 is 0. The van der Waals surface area contributed by atoms with Gasteiger partial charge in [0.15, 0.2) is 0 Å². The van der Waals surface area contributed by atoms with Crippen molar-refractivity contribution in [2.75, 3.05) is 30.3 Å². The number of piperazine rings is 1. The van der Waals surface area contributed by atoms with Crippen molar-refractivity contribution in [1.29, 1.82) is 0 Å². The molecule has 0 radical (unpaired) electrons. The van der Waals surface area contributed by atoms with Crippen LogP contribution in [0.3, 0.4) is 0 Å². The highest BCUT2D eigenvalue weighted by atomic mass is 16.6. The monoisotopic (exact) mass is 361 g/mol. The Labute approximate surface area is 155 Å². The molecule has 2 heterocycles. The highest BCUT2D eigenvalue weighted by molar-refractivity contribution is 5.69. The summed E-state index contributed by atoms with van der Waals surface area (Å²) in [5.41, 5.74) is 6.56. The van der Waals surface area contributed by atoms with Crippen molar-refractivity contribution < 1.29 is 9.53 Å². The summed E-state index contributed by atoms with van der Waals surface area (Å²) in [7, 11) is 0. The number of anilines is 2. The second-order valence-electron chi connectivity index (χ2n) is 8.46. The third-order valence-corrected chi connectivity index (χ3v) is 5.10. The van der Waals surface area contributed by atoms with Crippen molar-refractivity contribution in [3.05, 3.63) is 11.8 Å². The minimum absolute atomic E-state index is 0.0460. The first-order valence-corrected chi connectivity index (χ1v) is 9.62. The molecule has 0 bridgehead atoms. The molecule has 1 aliphatic heterocycles. The minimum atomic E-state index is -0.481. The Morgan fingerprint density at radius 3 is 2.54 bits per heavy atom. The van der Waals surface area contributed by atoms with Gasteiger partial charge >= 0.3 is 6.09 Å². The van der Waals surface area contributed by atoms with E-state index >= 15 is 0 Å². The van der Waals surface area contributed by atoms with Gasteiger partial charge in [-0.25, -0.2) is 9.78 Å². The smallest absolute Gasteiger partial charge is 0.410 e. The molecule has 1 aromatic heterocycles. The fourth-order valence-corrected chi connectivity index (χ4v) is 3.82. The van der Waals surface area contributed by atoms with Gasteiger partial charge in [-0.3, -0.25) is 0 Å². The normalized spacial score (nSPS) is 21.9. The summed E-state index contributed by atoms with van der Waals surface area (Å²) in [5, 5.41) is 0. The predicted molar refractivity (Wildman–Crippen MR) is 102 cm³/mol. The number of carbonyl (C=O) groups excluding carboxylic acids is 1. The number of aromatic nitrogens is 2. The Bertz CT molecular complexity index is 652. The number of amides is 1. The van der Waals surface area contributed by atoms with E-state index < -0.39 is 5.60 Å². The molecule has 1 saturated carbocycles. The fraction of sp³-hybridized carbons (Fsp3) is 0.737. The molecule has 1 amide bonds. The lowest BCUT2D eigenvalue weighted by Gasteiger charge is -2.40. The van der Waals surface area contributed by atoms with Crippen molar-refractivity contribution in [3.8, 4) is 0 Å². The van der Waals surface area contributed by atoms with Crippen molar-refractivity contribution in [1.82, 2.24) is 14.9 Å². The predicted octanol–water partition coefficient (Wildman–Crippen LogP) is 3.16. The Balaban J connectivity index is 1.69. The number of nitrogens with zero attached hydrogens (tertiary/aromatic N) is 4. The third kappa shape index (κ3) is 4.37. The van der Waals surface area contributed by atoms with Gasteiger partial charge < -0.3 is 20.3 Å². The summed E-state index contributed by atoms with van der Waals surface area (Å²) in [6, 6.07) is 2.13. The molecule has 26 heavy (non-hydrogen) atoms. The van der Waals surface area contributed by atoms with Gasteiger partial charge in [-0.15, -0.1) is 0 Å². The number of ether oxygens (including phenoxy) is 1. The van der Waals surface area contributed by atoms with Crippen LogP contribution in [0.5, 0.6) is 0 Å². The van der Waals surface area contributed by atoms with E-state index in [2.05, 4.69) is 20.9 Å². The molecular weight excluding hydrogens is 330 g/mol. The van der Waals surface area contributed by atoms with E-state index in [-0.39, 0.29) is 12.1 Å². The van der Waals surface area contributed by atoms with Crippen LogP contribution >= 0.6 is 0 Å².